The van der Waals surface area contributed by atoms with Gasteiger partial charge in [-0.3, -0.25) is 9.11 Å². The first kappa shape index (κ1) is 40.8. The summed E-state index contributed by atoms with van der Waals surface area (Å²) in [7, 11) is -8.22. The second kappa shape index (κ2) is 23.1. The van der Waals surface area contributed by atoms with Crippen LogP contribution < -0.4 is 31.9 Å². The van der Waals surface area contributed by atoms with E-state index in [0.29, 0.717) is 50.0 Å². The summed E-state index contributed by atoms with van der Waals surface area (Å²) in [6.07, 6.45) is 12.3. The Balaban J connectivity index is 1.81. The van der Waals surface area contributed by atoms with Gasteiger partial charge in [0.2, 0.25) is 35.7 Å². The van der Waals surface area contributed by atoms with E-state index in [1.54, 1.807) is 0 Å². The van der Waals surface area contributed by atoms with Crippen LogP contribution in [0, 0.1) is 0 Å². The number of aromatic nitrogens is 6. The zero-order valence-electron chi connectivity index (χ0n) is 28.2. The Morgan fingerprint density at radius 1 is 0.396 bits per heavy atom. The number of nitrogens with one attached hydrogen (secondary N) is 6. The molecule has 0 aromatic carbocycles. The average molecular weight is 719 g/mol. The predicted octanol–water partition coefficient (Wildman–Crippen LogP) is 3.72. The number of anilines is 6. The fraction of sp³-hybridized carbons (Fsp3) is 0.786. The maximum atomic E-state index is 11.1. The zero-order chi connectivity index (χ0) is 35.1. The van der Waals surface area contributed by atoms with Gasteiger partial charge in [-0.15, -0.1) is 0 Å². The highest BCUT2D eigenvalue weighted by Crippen LogP contribution is 2.13. The summed E-state index contributed by atoms with van der Waals surface area (Å²) in [6, 6.07) is 0. The van der Waals surface area contributed by atoms with Crippen molar-refractivity contribution in [2.24, 2.45) is 0 Å². The van der Waals surface area contributed by atoms with Crippen LogP contribution in [-0.2, 0) is 20.2 Å². The van der Waals surface area contributed by atoms with Crippen LogP contribution in [0.4, 0.5) is 35.7 Å². The number of hydrogen-bond donors (Lipinski definition) is 8. The third kappa shape index (κ3) is 20.8. The molecule has 274 valence electrons. The van der Waals surface area contributed by atoms with E-state index in [1.807, 2.05) is 0 Å². The van der Waals surface area contributed by atoms with E-state index in [2.05, 4.69) is 75.7 Å². The summed E-state index contributed by atoms with van der Waals surface area (Å²) in [4.78, 5) is 26.1. The van der Waals surface area contributed by atoms with Crippen molar-refractivity contribution in [1.29, 1.82) is 0 Å². The zero-order valence-corrected chi connectivity index (χ0v) is 29.8. The van der Waals surface area contributed by atoms with Crippen molar-refractivity contribution >= 4 is 55.9 Å². The highest BCUT2D eigenvalue weighted by atomic mass is 32.2. The molecule has 2 rings (SSSR count). The molecule has 2 heterocycles. The van der Waals surface area contributed by atoms with E-state index in [-0.39, 0.29) is 25.0 Å². The van der Waals surface area contributed by atoms with Crippen molar-refractivity contribution in [2.75, 3.05) is 82.7 Å². The lowest BCUT2D eigenvalue weighted by Gasteiger charge is -2.12. The summed E-state index contributed by atoms with van der Waals surface area (Å²) in [5.74, 6) is 0.992. The van der Waals surface area contributed by atoms with Crippen molar-refractivity contribution in [3.63, 3.8) is 0 Å². The molecular formula is C28H54N12O6S2. The Bertz CT molecular complexity index is 1300. The molecule has 0 spiro atoms. The Labute approximate surface area is 284 Å². The molecule has 0 amide bonds. The van der Waals surface area contributed by atoms with Gasteiger partial charge in [0.1, 0.15) is 0 Å². The molecule has 2 aromatic rings. The average Bonchev–Trinajstić information content (AvgIpc) is 3.01. The molecule has 0 fully saturated rings. The van der Waals surface area contributed by atoms with Gasteiger partial charge in [0.25, 0.3) is 20.2 Å². The van der Waals surface area contributed by atoms with E-state index in [0.717, 1.165) is 77.0 Å². The monoisotopic (exact) mass is 718 g/mol. The maximum absolute atomic E-state index is 11.1. The molecule has 0 aliphatic carbocycles. The molecule has 0 saturated carbocycles. The molecule has 8 N–H and O–H groups in total. The first-order valence-corrected chi connectivity index (χ1v) is 20.0. The second-order valence-electron chi connectivity index (χ2n) is 11.3. The molecular weight excluding hydrogens is 665 g/mol. The lowest BCUT2D eigenvalue weighted by Crippen LogP contribution is -2.18. The fourth-order valence-electron chi connectivity index (χ4n) is 4.32. The molecule has 0 unspecified atom stereocenters. The Morgan fingerprint density at radius 2 is 0.625 bits per heavy atom. The van der Waals surface area contributed by atoms with Crippen LogP contribution in [0.5, 0.6) is 0 Å². The molecule has 0 aliphatic rings. The standard InChI is InChI=1S/C28H54N12O6S2/c1-3-5-7-11-15-29-23-35-25(39-27(37-23)33-19-21-47(41,42)43)31-17-13-9-10-14-18-32-26-36-24(30-16-12-8-6-4-2)38-28(40-26)34-20-22-48(44,45)46/h3-22H2,1-2H3,(H,41,42,43)(H,44,45,46)(H3,29,31,33,35,37,39)(H3,30,32,34,36,38,40). The highest BCUT2D eigenvalue weighted by Gasteiger charge is 2.10. The smallest absolute Gasteiger partial charge is 0.266 e. The van der Waals surface area contributed by atoms with Crippen LogP contribution in [0.15, 0.2) is 0 Å². The van der Waals surface area contributed by atoms with Crippen LogP contribution in [-0.4, -0.2) is 107 Å². The molecule has 20 heteroatoms. The highest BCUT2D eigenvalue weighted by molar-refractivity contribution is 7.86. The second-order valence-corrected chi connectivity index (χ2v) is 14.4. The Kier molecular flexibility index (Phi) is 19.6. The lowest BCUT2D eigenvalue weighted by atomic mass is 10.2. The first-order valence-electron chi connectivity index (χ1n) is 16.8. The van der Waals surface area contributed by atoms with E-state index >= 15 is 0 Å². The molecule has 0 bridgehead atoms. The number of rotatable bonds is 29. The van der Waals surface area contributed by atoms with Gasteiger partial charge in [-0.25, -0.2) is 0 Å². The minimum absolute atomic E-state index is 0.0421. The Morgan fingerprint density at radius 3 is 0.854 bits per heavy atom. The van der Waals surface area contributed by atoms with Crippen molar-refractivity contribution in [3.8, 4) is 0 Å². The van der Waals surface area contributed by atoms with Crippen molar-refractivity contribution in [3.05, 3.63) is 0 Å². The van der Waals surface area contributed by atoms with E-state index in [9.17, 15) is 16.8 Å². The van der Waals surface area contributed by atoms with Crippen LogP contribution in [0.3, 0.4) is 0 Å². The largest absolute Gasteiger partial charge is 0.354 e. The Hall–Kier alpha value is -3.36. The van der Waals surface area contributed by atoms with Crippen molar-refractivity contribution in [2.45, 2.75) is 90.9 Å². The van der Waals surface area contributed by atoms with Gasteiger partial charge in [-0.05, 0) is 25.7 Å². The molecule has 0 atom stereocenters. The molecule has 0 aliphatic heterocycles. The predicted molar refractivity (Wildman–Crippen MR) is 190 cm³/mol. The molecule has 2 aromatic heterocycles. The van der Waals surface area contributed by atoms with E-state index < -0.39 is 31.7 Å². The van der Waals surface area contributed by atoms with Gasteiger partial charge in [0, 0.05) is 39.3 Å². The van der Waals surface area contributed by atoms with Gasteiger partial charge in [0.05, 0.1) is 11.5 Å². The van der Waals surface area contributed by atoms with Crippen LogP contribution in [0.1, 0.15) is 90.9 Å². The van der Waals surface area contributed by atoms with Gasteiger partial charge in [-0.2, -0.15) is 46.7 Å². The number of nitrogens with zero attached hydrogens (tertiary/aromatic N) is 6. The number of unbranched alkanes of at least 4 members (excludes halogenated alkanes) is 9. The third-order valence-corrected chi connectivity index (χ3v) is 8.29. The minimum atomic E-state index is -4.11. The minimum Gasteiger partial charge on any atom is -0.354 e. The lowest BCUT2D eigenvalue weighted by molar-refractivity contribution is 0.481. The number of hydrogen-bond acceptors (Lipinski definition) is 16. The van der Waals surface area contributed by atoms with E-state index in [4.69, 9.17) is 9.11 Å². The summed E-state index contributed by atoms with van der Waals surface area (Å²) in [6.45, 7) is 6.87. The molecule has 18 nitrogen and oxygen atoms in total. The summed E-state index contributed by atoms with van der Waals surface area (Å²) >= 11 is 0. The topological polar surface area (TPSA) is 258 Å². The summed E-state index contributed by atoms with van der Waals surface area (Å²) < 4.78 is 62.3. The van der Waals surface area contributed by atoms with E-state index in [1.165, 1.54) is 0 Å². The van der Waals surface area contributed by atoms with Gasteiger partial charge in [0.15, 0.2) is 0 Å². The van der Waals surface area contributed by atoms with Gasteiger partial charge in [-0.1, -0.05) is 65.2 Å². The molecule has 0 radical (unpaired) electrons. The van der Waals surface area contributed by atoms with Gasteiger partial charge < -0.3 is 31.9 Å². The normalized spacial score (nSPS) is 11.7. The molecule has 0 saturated heterocycles. The van der Waals surface area contributed by atoms with Crippen molar-refractivity contribution in [1.82, 2.24) is 29.9 Å². The van der Waals surface area contributed by atoms with Crippen LogP contribution in [0.2, 0.25) is 0 Å². The van der Waals surface area contributed by atoms with Gasteiger partial charge >= 0.3 is 0 Å². The summed E-state index contributed by atoms with van der Waals surface area (Å²) in [5.41, 5.74) is 0. The van der Waals surface area contributed by atoms with Crippen LogP contribution >= 0.6 is 0 Å². The van der Waals surface area contributed by atoms with Crippen molar-refractivity contribution < 1.29 is 25.9 Å². The SMILES string of the molecule is CCCCCCNc1nc(NCCCCCCNc2nc(NCCCCCC)nc(NCCS(=O)(=O)O)n2)nc(NCCS(=O)(=O)O)n1. The van der Waals surface area contributed by atoms with Crippen LogP contribution in [0.25, 0.3) is 0 Å². The quantitative estimate of drug-likeness (QED) is 0.0440. The fourth-order valence-corrected chi connectivity index (χ4v) is 5.04. The third-order valence-electron chi connectivity index (χ3n) is 6.85. The maximum Gasteiger partial charge on any atom is 0.266 e. The first-order chi connectivity index (χ1) is 23.0. The summed E-state index contributed by atoms with van der Waals surface area (Å²) in [5, 5.41) is 18.5. The molecule has 48 heavy (non-hydrogen) atoms.